The van der Waals surface area contributed by atoms with E-state index < -0.39 is 0 Å². The summed E-state index contributed by atoms with van der Waals surface area (Å²) >= 11 is 0. The van der Waals surface area contributed by atoms with Crippen LogP contribution in [-0.4, -0.2) is 16.4 Å². The van der Waals surface area contributed by atoms with Crippen LogP contribution in [0.5, 0.6) is 5.75 Å². The second-order valence-electron chi connectivity index (χ2n) is 3.27. The van der Waals surface area contributed by atoms with Crippen LogP contribution in [0.3, 0.4) is 0 Å². The van der Waals surface area contributed by atoms with Gasteiger partial charge in [0.25, 0.3) is 0 Å². The average molecular weight is 227 g/mol. The first-order chi connectivity index (χ1) is 8.29. The van der Waals surface area contributed by atoms with E-state index in [1.807, 2.05) is 0 Å². The highest BCUT2D eigenvalue weighted by Crippen LogP contribution is 2.23. The molecule has 2 aromatic rings. The Morgan fingerprint density at radius 1 is 1.06 bits per heavy atom. The van der Waals surface area contributed by atoms with Crippen molar-refractivity contribution in [1.29, 1.82) is 0 Å². The summed E-state index contributed by atoms with van der Waals surface area (Å²) in [6, 6.07) is 7.87. The molecule has 0 aliphatic carbocycles. The number of rotatable bonds is 3. The summed E-state index contributed by atoms with van der Waals surface area (Å²) in [7, 11) is 0. The highest BCUT2D eigenvalue weighted by atomic mass is 16.3. The van der Waals surface area contributed by atoms with Crippen LogP contribution in [0.2, 0.25) is 0 Å². The number of nitrogens with zero attached hydrogens (tertiary/aromatic N) is 3. The molecule has 1 aromatic heterocycles. The standard InChI is InChI=1S/C12H9N3O2/c16-8-9-7-11(1-2-12(9)17)15-14-10-3-5-13-6-4-10/h1-8,17H. The lowest BCUT2D eigenvalue weighted by Crippen LogP contribution is -1.79. The van der Waals surface area contributed by atoms with Gasteiger partial charge in [-0.15, -0.1) is 0 Å². The molecule has 0 fully saturated rings. The summed E-state index contributed by atoms with van der Waals surface area (Å²) in [5, 5.41) is 17.2. The maximum absolute atomic E-state index is 10.6. The van der Waals surface area contributed by atoms with E-state index in [1.165, 1.54) is 12.1 Å². The SMILES string of the molecule is O=Cc1cc(N=Nc2ccncc2)ccc1O. The predicted octanol–water partition coefficient (Wildman–Crippen LogP) is 3.02. The number of carbonyl (C=O) groups is 1. The first-order valence-electron chi connectivity index (χ1n) is 4.89. The van der Waals surface area contributed by atoms with Gasteiger partial charge >= 0.3 is 0 Å². The number of pyridine rings is 1. The predicted molar refractivity (Wildman–Crippen MR) is 61.9 cm³/mol. The molecule has 1 heterocycles. The van der Waals surface area contributed by atoms with Crippen LogP contribution in [0, 0.1) is 0 Å². The second kappa shape index (κ2) is 4.98. The number of azo groups is 1. The Morgan fingerprint density at radius 3 is 2.47 bits per heavy atom. The number of hydrogen-bond donors (Lipinski definition) is 1. The molecule has 2 rings (SSSR count). The molecular formula is C12H9N3O2. The van der Waals surface area contributed by atoms with E-state index in [9.17, 15) is 9.90 Å². The molecular weight excluding hydrogens is 218 g/mol. The third kappa shape index (κ3) is 2.72. The number of phenols is 1. The Hall–Kier alpha value is -2.56. The van der Waals surface area contributed by atoms with Crippen molar-refractivity contribution in [3.05, 3.63) is 48.3 Å². The molecule has 0 aliphatic heterocycles. The molecule has 5 heteroatoms. The Balaban J connectivity index is 2.25. The molecule has 0 amide bonds. The molecule has 0 radical (unpaired) electrons. The van der Waals surface area contributed by atoms with E-state index >= 15 is 0 Å². The summed E-state index contributed by atoms with van der Waals surface area (Å²) in [6.07, 6.45) is 3.80. The number of aromatic hydroxyl groups is 1. The van der Waals surface area contributed by atoms with Crippen LogP contribution in [0.4, 0.5) is 11.4 Å². The van der Waals surface area contributed by atoms with Gasteiger partial charge in [-0.1, -0.05) is 0 Å². The van der Waals surface area contributed by atoms with Gasteiger partial charge in [0, 0.05) is 12.4 Å². The smallest absolute Gasteiger partial charge is 0.153 e. The molecule has 0 saturated carbocycles. The normalized spacial score (nSPS) is 10.6. The zero-order chi connectivity index (χ0) is 12.1. The topological polar surface area (TPSA) is 74.9 Å². The maximum atomic E-state index is 10.6. The first-order valence-corrected chi connectivity index (χ1v) is 4.89. The monoisotopic (exact) mass is 227 g/mol. The number of benzene rings is 1. The van der Waals surface area contributed by atoms with Crippen molar-refractivity contribution >= 4 is 17.7 Å². The fourth-order valence-corrected chi connectivity index (χ4v) is 1.22. The van der Waals surface area contributed by atoms with E-state index in [0.29, 0.717) is 17.7 Å². The van der Waals surface area contributed by atoms with Crippen molar-refractivity contribution in [3.63, 3.8) is 0 Å². The van der Waals surface area contributed by atoms with Crippen molar-refractivity contribution in [1.82, 2.24) is 4.98 Å². The molecule has 1 aromatic carbocycles. The van der Waals surface area contributed by atoms with E-state index in [2.05, 4.69) is 15.2 Å². The quantitative estimate of drug-likeness (QED) is 0.646. The van der Waals surface area contributed by atoms with Crippen molar-refractivity contribution in [2.75, 3.05) is 0 Å². The van der Waals surface area contributed by atoms with Crippen molar-refractivity contribution in [2.24, 2.45) is 10.2 Å². The first kappa shape index (κ1) is 10.9. The summed E-state index contributed by atoms with van der Waals surface area (Å²) < 4.78 is 0. The average Bonchev–Trinajstić information content (AvgIpc) is 2.39. The molecule has 0 atom stereocenters. The van der Waals surface area contributed by atoms with Crippen LogP contribution >= 0.6 is 0 Å². The second-order valence-corrected chi connectivity index (χ2v) is 3.27. The minimum atomic E-state index is -0.0668. The fourth-order valence-electron chi connectivity index (χ4n) is 1.22. The summed E-state index contributed by atoms with van der Waals surface area (Å²) in [4.78, 5) is 14.5. The largest absolute Gasteiger partial charge is 0.507 e. The minimum Gasteiger partial charge on any atom is -0.507 e. The van der Waals surface area contributed by atoms with Gasteiger partial charge < -0.3 is 5.11 Å². The van der Waals surface area contributed by atoms with Gasteiger partial charge in [0.05, 0.1) is 16.9 Å². The van der Waals surface area contributed by atoms with Crippen molar-refractivity contribution in [2.45, 2.75) is 0 Å². The lowest BCUT2D eigenvalue weighted by molar-refractivity contribution is 0.112. The number of phenolic OH excluding ortho intramolecular Hbond substituents is 1. The lowest BCUT2D eigenvalue weighted by Gasteiger charge is -1.97. The van der Waals surface area contributed by atoms with Crippen LogP contribution < -0.4 is 0 Å². The molecule has 0 spiro atoms. The van der Waals surface area contributed by atoms with Gasteiger partial charge in [0.2, 0.25) is 0 Å². The molecule has 1 N–H and O–H groups in total. The van der Waals surface area contributed by atoms with Gasteiger partial charge in [-0.25, -0.2) is 0 Å². The zero-order valence-corrected chi connectivity index (χ0v) is 8.82. The Kier molecular flexibility index (Phi) is 3.20. The molecule has 0 bridgehead atoms. The van der Waals surface area contributed by atoms with Gasteiger partial charge in [-0.3, -0.25) is 9.78 Å². The molecule has 0 unspecified atom stereocenters. The highest BCUT2D eigenvalue weighted by Gasteiger charge is 2.00. The van der Waals surface area contributed by atoms with Gasteiger partial charge in [-0.05, 0) is 30.3 Å². The number of hydrogen-bond acceptors (Lipinski definition) is 5. The van der Waals surface area contributed by atoms with Crippen LogP contribution in [0.25, 0.3) is 0 Å². The number of aromatic nitrogens is 1. The molecule has 17 heavy (non-hydrogen) atoms. The van der Waals surface area contributed by atoms with E-state index in [1.54, 1.807) is 30.6 Å². The van der Waals surface area contributed by atoms with E-state index in [0.717, 1.165) is 0 Å². The summed E-state index contributed by atoms with van der Waals surface area (Å²) in [5.41, 5.74) is 1.36. The van der Waals surface area contributed by atoms with Crippen LogP contribution in [-0.2, 0) is 0 Å². The Bertz CT molecular complexity index is 553. The molecule has 0 saturated heterocycles. The van der Waals surface area contributed by atoms with Crippen LogP contribution in [0.15, 0.2) is 53.0 Å². The third-order valence-corrected chi connectivity index (χ3v) is 2.08. The van der Waals surface area contributed by atoms with Gasteiger partial charge in [0.1, 0.15) is 5.75 Å². The fraction of sp³-hybridized carbons (Fsp3) is 0. The minimum absolute atomic E-state index is 0.0668. The van der Waals surface area contributed by atoms with Crippen LogP contribution in [0.1, 0.15) is 10.4 Å². The third-order valence-electron chi connectivity index (χ3n) is 2.08. The number of aldehydes is 1. The maximum Gasteiger partial charge on any atom is 0.153 e. The van der Waals surface area contributed by atoms with Gasteiger partial charge in [0.15, 0.2) is 6.29 Å². The zero-order valence-electron chi connectivity index (χ0n) is 8.82. The Morgan fingerprint density at radius 2 is 1.76 bits per heavy atom. The van der Waals surface area contributed by atoms with Crippen molar-refractivity contribution < 1.29 is 9.90 Å². The van der Waals surface area contributed by atoms with Gasteiger partial charge in [-0.2, -0.15) is 10.2 Å². The van der Waals surface area contributed by atoms with Crippen molar-refractivity contribution in [3.8, 4) is 5.75 Å². The number of carbonyl (C=O) groups excluding carboxylic acids is 1. The highest BCUT2D eigenvalue weighted by molar-refractivity contribution is 5.80. The van der Waals surface area contributed by atoms with E-state index in [4.69, 9.17) is 0 Å². The van der Waals surface area contributed by atoms with E-state index in [-0.39, 0.29) is 11.3 Å². The Labute approximate surface area is 97.5 Å². The molecule has 0 aliphatic rings. The lowest BCUT2D eigenvalue weighted by atomic mass is 10.2. The molecule has 84 valence electrons. The summed E-state index contributed by atoms with van der Waals surface area (Å²) in [6.45, 7) is 0. The summed E-state index contributed by atoms with van der Waals surface area (Å²) in [5.74, 6) is -0.0668. The molecule has 5 nitrogen and oxygen atoms in total.